The minimum atomic E-state index is -3.02. The molecule has 0 spiro atoms. The number of hydrogen-bond donors (Lipinski definition) is 0. The molecule has 0 atom stereocenters. The Morgan fingerprint density at radius 1 is 1.30 bits per heavy atom. The van der Waals surface area contributed by atoms with Crippen LogP contribution in [0.15, 0.2) is 29.2 Å². The number of benzene rings is 1. The summed E-state index contributed by atoms with van der Waals surface area (Å²) in [6, 6.07) is 8.95. The fraction of sp³-hybridized carbons (Fsp3) is 0.143. The van der Waals surface area contributed by atoms with E-state index >= 15 is 0 Å². The highest BCUT2D eigenvalue weighted by atomic mass is 32.2. The van der Waals surface area contributed by atoms with Crippen LogP contribution in [0.5, 0.6) is 0 Å². The Hall–Kier alpha value is -0.830. The van der Waals surface area contributed by atoms with E-state index in [9.17, 15) is 8.42 Å². The summed E-state index contributed by atoms with van der Waals surface area (Å²) in [5, 5.41) is 0. The Bertz CT molecular complexity index is 300. The molecule has 0 N–H and O–H groups in total. The van der Waals surface area contributed by atoms with Crippen molar-refractivity contribution in [1.29, 1.82) is 0 Å². The standard InChI is InChI=1S/C7H7O2S/c1-10(8,9)7-5-3-2-4-6-7/h3-6H,1H3. The molecule has 0 saturated carbocycles. The van der Waals surface area contributed by atoms with Gasteiger partial charge in [-0.15, -0.1) is 0 Å². The van der Waals surface area contributed by atoms with Gasteiger partial charge < -0.3 is 0 Å². The molecule has 1 radical (unpaired) electrons. The molecular weight excluding hydrogens is 148 g/mol. The summed E-state index contributed by atoms with van der Waals surface area (Å²) in [6.45, 7) is 0. The molecule has 53 valence electrons. The SMILES string of the molecule is CS(=O)(=O)c1cc[c]cc1. The molecule has 3 heteroatoms. The van der Waals surface area contributed by atoms with Gasteiger partial charge in [0.1, 0.15) is 0 Å². The van der Waals surface area contributed by atoms with Gasteiger partial charge in [0.05, 0.1) is 4.90 Å². The van der Waals surface area contributed by atoms with E-state index in [-0.39, 0.29) is 0 Å². The first kappa shape index (κ1) is 7.28. The Labute approximate surface area is 60.4 Å². The van der Waals surface area contributed by atoms with E-state index < -0.39 is 9.84 Å². The average molecular weight is 155 g/mol. The second-order valence-electron chi connectivity index (χ2n) is 2.01. The molecular formula is C7H7O2S. The molecule has 0 aliphatic rings. The van der Waals surface area contributed by atoms with E-state index in [4.69, 9.17) is 0 Å². The monoisotopic (exact) mass is 155 g/mol. The minimum Gasteiger partial charge on any atom is -0.224 e. The Kier molecular flexibility index (Phi) is 1.76. The van der Waals surface area contributed by atoms with Crippen molar-refractivity contribution >= 4 is 9.84 Å². The normalized spacial score (nSPS) is 11.3. The number of sulfone groups is 1. The van der Waals surface area contributed by atoms with Crippen LogP contribution in [-0.4, -0.2) is 14.7 Å². The van der Waals surface area contributed by atoms with Gasteiger partial charge in [-0.2, -0.15) is 0 Å². The highest BCUT2D eigenvalue weighted by Gasteiger charge is 2.03. The molecule has 10 heavy (non-hydrogen) atoms. The predicted molar refractivity (Wildman–Crippen MR) is 38.4 cm³/mol. The van der Waals surface area contributed by atoms with E-state index in [1.165, 1.54) is 18.4 Å². The zero-order chi connectivity index (χ0) is 7.61. The van der Waals surface area contributed by atoms with Crippen molar-refractivity contribution in [3.8, 4) is 0 Å². The van der Waals surface area contributed by atoms with Crippen LogP contribution in [-0.2, 0) is 9.84 Å². The molecule has 0 aliphatic heterocycles. The molecule has 1 rings (SSSR count). The van der Waals surface area contributed by atoms with Gasteiger partial charge in [-0.1, -0.05) is 12.1 Å². The average Bonchev–Trinajstić information content (AvgIpc) is 1.88. The van der Waals surface area contributed by atoms with Crippen molar-refractivity contribution in [3.05, 3.63) is 30.3 Å². The maximum atomic E-state index is 10.8. The fourth-order valence-corrected chi connectivity index (χ4v) is 1.25. The summed E-state index contributed by atoms with van der Waals surface area (Å²) in [7, 11) is -3.02. The maximum Gasteiger partial charge on any atom is 0.175 e. The third-order valence-corrected chi connectivity index (χ3v) is 2.24. The highest BCUT2D eigenvalue weighted by Crippen LogP contribution is 2.05. The Balaban J connectivity index is 3.22. The molecule has 0 saturated heterocycles. The van der Waals surface area contributed by atoms with Gasteiger partial charge in [0.15, 0.2) is 9.84 Å². The zero-order valence-corrected chi connectivity index (χ0v) is 6.35. The Morgan fingerprint density at radius 3 is 2.10 bits per heavy atom. The molecule has 0 unspecified atom stereocenters. The summed E-state index contributed by atoms with van der Waals surface area (Å²) in [5.41, 5.74) is 0. The lowest BCUT2D eigenvalue weighted by molar-refractivity contribution is 0.602. The lowest BCUT2D eigenvalue weighted by atomic mass is 10.4. The molecule has 0 heterocycles. The van der Waals surface area contributed by atoms with E-state index in [1.54, 1.807) is 12.1 Å². The van der Waals surface area contributed by atoms with Crippen LogP contribution in [0, 0.1) is 6.07 Å². The second-order valence-corrected chi connectivity index (χ2v) is 4.02. The van der Waals surface area contributed by atoms with Crippen LogP contribution in [0.25, 0.3) is 0 Å². The van der Waals surface area contributed by atoms with Crippen molar-refractivity contribution < 1.29 is 8.42 Å². The van der Waals surface area contributed by atoms with Gasteiger partial charge in [0.2, 0.25) is 0 Å². The quantitative estimate of drug-likeness (QED) is 0.603. The van der Waals surface area contributed by atoms with Crippen LogP contribution in [0.4, 0.5) is 0 Å². The molecule has 1 aromatic carbocycles. The maximum absolute atomic E-state index is 10.8. The van der Waals surface area contributed by atoms with Crippen molar-refractivity contribution in [2.24, 2.45) is 0 Å². The zero-order valence-electron chi connectivity index (χ0n) is 5.53. The first-order valence-electron chi connectivity index (χ1n) is 2.77. The molecule has 0 bridgehead atoms. The highest BCUT2D eigenvalue weighted by molar-refractivity contribution is 7.90. The van der Waals surface area contributed by atoms with E-state index in [2.05, 4.69) is 6.07 Å². The minimum absolute atomic E-state index is 0.339. The molecule has 1 aromatic rings. The smallest absolute Gasteiger partial charge is 0.175 e. The predicted octanol–water partition coefficient (Wildman–Crippen LogP) is 0.890. The van der Waals surface area contributed by atoms with Crippen molar-refractivity contribution in [3.63, 3.8) is 0 Å². The summed E-state index contributed by atoms with van der Waals surface area (Å²) < 4.78 is 21.6. The third kappa shape index (κ3) is 1.57. The van der Waals surface area contributed by atoms with Gasteiger partial charge in [-0.05, 0) is 18.2 Å². The van der Waals surface area contributed by atoms with Crippen LogP contribution in [0.1, 0.15) is 0 Å². The van der Waals surface area contributed by atoms with E-state index in [0.29, 0.717) is 4.90 Å². The number of hydrogen-bond acceptors (Lipinski definition) is 2. The summed E-state index contributed by atoms with van der Waals surface area (Å²) in [6.07, 6.45) is 1.18. The van der Waals surface area contributed by atoms with E-state index in [0.717, 1.165) is 0 Å². The van der Waals surface area contributed by atoms with Crippen molar-refractivity contribution in [2.75, 3.05) is 6.26 Å². The van der Waals surface area contributed by atoms with Gasteiger partial charge >= 0.3 is 0 Å². The molecule has 0 aliphatic carbocycles. The first-order valence-corrected chi connectivity index (χ1v) is 4.66. The van der Waals surface area contributed by atoms with Gasteiger partial charge in [0, 0.05) is 6.26 Å². The summed E-state index contributed by atoms with van der Waals surface area (Å²) >= 11 is 0. The lowest BCUT2D eigenvalue weighted by Gasteiger charge is -1.93. The molecule has 0 aromatic heterocycles. The number of rotatable bonds is 1. The molecule has 0 fully saturated rings. The Morgan fingerprint density at radius 2 is 1.80 bits per heavy atom. The third-order valence-electron chi connectivity index (χ3n) is 1.12. The van der Waals surface area contributed by atoms with Crippen LogP contribution < -0.4 is 0 Å². The van der Waals surface area contributed by atoms with Crippen LogP contribution in [0.3, 0.4) is 0 Å². The summed E-state index contributed by atoms with van der Waals surface area (Å²) in [4.78, 5) is 0.339. The topological polar surface area (TPSA) is 34.1 Å². The second kappa shape index (κ2) is 2.42. The lowest BCUT2D eigenvalue weighted by Crippen LogP contribution is -1.95. The first-order chi connectivity index (χ1) is 4.61. The van der Waals surface area contributed by atoms with Crippen LogP contribution in [0.2, 0.25) is 0 Å². The van der Waals surface area contributed by atoms with Crippen molar-refractivity contribution in [2.45, 2.75) is 4.90 Å². The van der Waals surface area contributed by atoms with E-state index in [1.807, 2.05) is 0 Å². The van der Waals surface area contributed by atoms with Gasteiger partial charge in [0.25, 0.3) is 0 Å². The van der Waals surface area contributed by atoms with Crippen LogP contribution >= 0.6 is 0 Å². The summed E-state index contributed by atoms with van der Waals surface area (Å²) in [5.74, 6) is 0. The van der Waals surface area contributed by atoms with Gasteiger partial charge in [-0.3, -0.25) is 0 Å². The van der Waals surface area contributed by atoms with Gasteiger partial charge in [-0.25, -0.2) is 8.42 Å². The molecule has 0 amide bonds. The largest absolute Gasteiger partial charge is 0.224 e. The molecule has 2 nitrogen and oxygen atoms in total. The van der Waals surface area contributed by atoms with Crippen molar-refractivity contribution in [1.82, 2.24) is 0 Å². The fourth-order valence-electron chi connectivity index (χ4n) is 0.619.